The molecule has 0 fully saturated rings. The number of hydrogen-bond acceptors (Lipinski definition) is 8. The van der Waals surface area contributed by atoms with E-state index in [0.29, 0.717) is 29.0 Å². The lowest BCUT2D eigenvalue weighted by Gasteiger charge is -2.38. The van der Waals surface area contributed by atoms with Crippen molar-refractivity contribution in [3.05, 3.63) is 46.3 Å². The fraction of sp³-hybridized carbons (Fsp3) is 0.458. The minimum atomic E-state index is -0.976. The molecule has 1 aromatic carbocycles. The van der Waals surface area contributed by atoms with Crippen LogP contribution in [0.15, 0.2) is 40.7 Å². The topological polar surface area (TPSA) is 111 Å². The molecule has 0 amide bonds. The van der Waals surface area contributed by atoms with Gasteiger partial charge in [0.25, 0.3) is 0 Å². The Morgan fingerprint density at radius 1 is 1.22 bits per heavy atom. The maximum Gasteiger partial charge on any atom is 0.337 e. The van der Waals surface area contributed by atoms with Crippen molar-refractivity contribution in [3.8, 4) is 11.5 Å². The summed E-state index contributed by atoms with van der Waals surface area (Å²) in [6.07, 6.45) is 0.0663. The van der Waals surface area contributed by atoms with Gasteiger partial charge in [-0.15, -0.1) is 0 Å². The van der Waals surface area contributed by atoms with Gasteiger partial charge in [0.2, 0.25) is 0 Å². The molecule has 2 aliphatic rings. The lowest BCUT2D eigenvalue weighted by atomic mass is 9.69. The predicted octanol–water partition coefficient (Wildman–Crippen LogP) is 2.97. The van der Waals surface area contributed by atoms with Gasteiger partial charge in [0.15, 0.2) is 17.3 Å². The number of carbonyl (C=O) groups is 3. The van der Waals surface area contributed by atoms with E-state index < -0.39 is 29.6 Å². The van der Waals surface area contributed by atoms with Gasteiger partial charge in [0, 0.05) is 22.9 Å². The molecule has 8 nitrogen and oxygen atoms in total. The largest absolute Gasteiger partial charge is 0.504 e. The van der Waals surface area contributed by atoms with Gasteiger partial charge in [-0.05, 0) is 50.8 Å². The molecular weight excluding hydrogens is 414 g/mol. The first-order valence-corrected chi connectivity index (χ1v) is 10.5. The Labute approximate surface area is 187 Å². The third-order valence-electron chi connectivity index (χ3n) is 5.84. The highest BCUT2D eigenvalue weighted by atomic mass is 16.5. The summed E-state index contributed by atoms with van der Waals surface area (Å²) >= 11 is 0. The van der Waals surface area contributed by atoms with Crippen LogP contribution in [0.25, 0.3) is 0 Å². The molecule has 0 radical (unpaired) electrons. The number of phenols is 1. The average molecular weight is 443 g/mol. The molecule has 172 valence electrons. The number of allylic oxidation sites excluding steroid dienone is 3. The molecule has 0 spiro atoms. The van der Waals surface area contributed by atoms with Crippen LogP contribution in [0, 0.1) is 11.8 Å². The highest BCUT2D eigenvalue weighted by Crippen LogP contribution is 2.46. The van der Waals surface area contributed by atoms with E-state index in [4.69, 9.17) is 14.2 Å². The number of ketones is 1. The third-order valence-corrected chi connectivity index (χ3v) is 5.84. The number of phenolic OH excluding ortho intramolecular Hbond substituents is 1. The third kappa shape index (κ3) is 4.09. The molecule has 1 aliphatic heterocycles. The molecule has 0 aromatic heterocycles. The summed E-state index contributed by atoms with van der Waals surface area (Å²) in [4.78, 5) is 39.1. The molecule has 0 bridgehead atoms. The number of Topliss-reactive ketones (excluding diaryl/α,β-unsaturated/α-hetero) is 1. The van der Waals surface area contributed by atoms with E-state index in [0.717, 1.165) is 0 Å². The number of rotatable bonds is 5. The standard InChI is InChI=1S/C24H29NO7/c1-11(2)32-24(29)19-13(4)25-15-9-12(3)18(23(28)31-6)22(27)21(15)20(19)14-7-8-17(30-5)16(26)10-14/h7-8,10-12,18,20,25-26H,9H2,1-6H3/t12-,18-,20-/m1/s1. The Morgan fingerprint density at radius 2 is 1.91 bits per heavy atom. The molecule has 1 aliphatic carbocycles. The highest BCUT2D eigenvalue weighted by molar-refractivity contribution is 6.12. The van der Waals surface area contributed by atoms with Gasteiger partial charge in [-0.2, -0.15) is 0 Å². The fourth-order valence-corrected chi connectivity index (χ4v) is 4.45. The van der Waals surface area contributed by atoms with E-state index in [-0.39, 0.29) is 29.1 Å². The smallest absolute Gasteiger partial charge is 0.337 e. The number of nitrogens with one attached hydrogen (secondary N) is 1. The van der Waals surface area contributed by atoms with E-state index in [1.807, 2.05) is 6.92 Å². The number of dihydropyridines is 1. The minimum Gasteiger partial charge on any atom is -0.504 e. The van der Waals surface area contributed by atoms with Crippen LogP contribution in [-0.4, -0.2) is 43.2 Å². The molecule has 32 heavy (non-hydrogen) atoms. The molecule has 3 atom stereocenters. The Morgan fingerprint density at radius 3 is 2.47 bits per heavy atom. The number of carbonyl (C=O) groups excluding carboxylic acids is 3. The van der Waals surface area contributed by atoms with E-state index >= 15 is 0 Å². The number of hydrogen-bond donors (Lipinski definition) is 2. The SMILES string of the molecule is COC(=O)[C@H]1C(=O)C2=C(C[C@H]1C)NC(C)=C(C(=O)OC(C)C)[C@H]2c1ccc(OC)c(O)c1. The maximum atomic E-state index is 13.6. The Kier molecular flexibility index (Phi) is 6.62. The number of ether oxygens (including phenoxy) is 3. The molecule has 2 N–H and O–H groups in total. The number of esters is 2. The van der Waals surface area contributed by atoms with Gasteiger partial charge in [0.05, 0.1) is 25.9 Å². The molecule has 0 saturated carbocycles. The van der Waals surface area contributed by atoms with Crippen LogP contribution >= 0.6 is 0 Å². The summed E-state index contributed by atoms with van der Waals surface area (Å²) < 4.78 is 15.5. The first kappa shape index (κ1) is 23.4. The lowest BCUT2D eigenvalue weighted by Crippen LogP contribution is -2.43. The normalized spacial score (nSPS) is 23.0. The number of aromatic hydroxyl groups is 1. The first-order valence-electron chi connectivity index (χ1n) is 10.5. The molecular formula is C24H29NO7. The molecule has 3 rings (SSSR count). The molecule has 1 heterocycles. The monoisotopic (exact) mass is 443 g/mol. The summed E-state index contributed by atoms with van der Waals surface area (Å²) in [6, 6.07) is 4.72. The second kappa shape index (κ2) is 9.06. The molecule has 0 saturated heterocycles. The van der Waals surface area contributed by atoms with Crippen LogP contribution in [0.4, 0.5) is 0 Å². The zero-order chi connectivity index (χ0) is 23.7. The van der Waals surface area contributed by atoms with Crippen LogP contribution in [0.2, 0.25) is 0 Å². The van der Waals surface area contributed by atoms with Crippen LogP contribution < -0.4 is 10.1 Å². The minimum absolute atomic E-state index is 0.124. The van der Waals surface area contributed by atoms with Crippen molar-refractivity contribution >= 4 is 17.7 Å². The van der Waals surface area contributed by atoms with Crippen LogP contribution in [-0.2, 0) is 23.9 Å². The predicted molar refractivity (Wildman–Crippen MR) is 116 cm³/mol. The average Bonchev–Trinajstić information content (AvgIpc) is 2.71. The zero-order valence-electron chi connectivity index (χ0n) is 19.1. The summed E-state index contributed by atoms with van der Waals surface area (Å²) in [7, 11) is 2.68. The summed E-state index contributed by atoms with van der Waals surface area (Å²) in [5.41, 5.74) is 2.30. The van der Waals surface area contributed by atoms with Gasteiger partial charge < -0.3 is 24.6 Å². The van der Waals surface area contributed by atoms with Crippen molar-refractivity contribution in [3.63, 3.8) is 0 Å². The van der Waals surface area contributed by atoms with E-state index in [1.54, 1.807) is 32.9 Å². The summed E-state index contributed by atoms with van der Waals surface area (Å²) in [5.74, 6) is -3.51. The van der Waals surface area contributed by atoms with Crippen molar-refractivity contribution in [2.24, 2.45) is 11.8 Å². The quantitative estimate of drug-likeness (QED) is 0.528. The first-order chi connectivity index (χ1) is 15.1. The number of benzene rings is 1. The van der Waals surface area contributed by atoms with Gasteiger partial charge >= 0.3 is 11.9 Å². The van der Waals surface area contributed by atoms with Crippen molar-refractivity contribution < 1.29 is 33.7 Å². The maximum absolute atomic E-state index is 13.6. The van der Waals surface area contributed by atoms with Crippen molar-refractivity contribution in [1.29, 1.82) is 0 Å². The van der Waals surface area contributed by atoms with Gasteiger partial charge in [-0.25, -0.2) is 4.79 Å². The Balaban J connectivity index is 2.21. The van der Waals surface area contributed by atoms with Crippen molar-refractivity contribution in [1.82, 2.24) is 5.32 Å². The van der Waals surface area contributed by atoms with Gasteiger partial charge in [-0.3, -0.25) is 9.59 Å². The van der Waals surface area contributed by atoms with Crippen LogP contribution in [0.1, 0.15) is 45.6 Å². The lowest BCUT2D eigenvalue weighted by molar-refractivity contribution is -0.151. The molecule has 8 heteroatoms. The van der Waals surface area contributed by atoms with E-state index in [9.17, 15) is 19.5 Å². The second-order valence-corrected chi connectivity index (χ2v) is 8.42. The second-order valence-electron chi connectivity index (χ2n) is 8.42. The van der Waals surface area contributed by atoms with Crippen molar-refractivity contribution in [2.45, 2.75) is 46.1 Å². The van der Waals surface area contributed by atoms with E-state index in [1.165, 1.54) is 20.3 Å². The van der Waals surface area contributed by atoms with Crippen LogP contribution in [0.3, 0.4) is 0 Å². The highest BCUT2D eigenvalue weighted by Gasteiger charge is 2.47. The summed E-state index contributed by atoms with van der Waals surface area (Å²) in [6.45, 7) is 7.05. The fourth-order valence-electron chi connectivity index (χ4n) is 4.45. The van der Waals surface area contributed by atoms with Gasteiger partial charge in [0.1, 0.15) is 5.92 Å². The molecule has 0 unspecified atom stereocenters. The van der Waals surface area contributed by atoms with Crippen LogP contribution in [0.5, 0.6) is 11.5 Å². The molecule has 1 aromatic rings. The Hall–Kier alpha value is -3.29. The zero-order valence-corrected chi connectivity index (χ0v) is 19.1. The van der Waals surface area contributed by atoms with Crippen molar-refractivity contribution in [2.75, 3.05) is 14.2 Å². The summed E-state index contributed by atoms with van der Waals surface area (Å²) in [5, 5.41) is 13.6. The van der Waals surface area contributed by atoms with Gasteiger partial charge in [-0.1, -0.05) is 13.0 Å². The Bertz CT molecular complexity index is 1020. The van der Waals surface area contributed by atoms with E-state index in [2.05, 4.69) is 5.32 Å². The number of methoxy groups -OCH3 is 2.